The van der Waals surface area contributed by atoms with Crippen LogP contribution >= 0.6 is 0 Å². The van der Waals surface area contributed by atoms with Crippen LogP contribution < -0.4 is 9.46 Å². The second-order valence-corrected chi connectivity index (χ2v) is 10.4. The smallest absolute Gasteiger partial charge is 0.422 e. The Morgan fingerprint density at radius 3 is 2.34 bits per heavy atom. The summed E-state index contributed by atoms with van der Waals surface area (Å²) in [6.07, 6.45) is -1.85. The molecule has 0 spiro atoms. The average Bonchev–Trinajstić information content (AvgIpc) is 3.19. The molecule has 0 aromatic carbocycles. The number of esters is 1. The van der Waals surface area contributed by atoms with E-state index in [9.17, 15) is 22.2 Å². The number of halogens is 3. The Bertz CT molecular complexity index is 955. The molecule has 0 aliphatic rings. The third kappa shape index (κ3) is 6.48. The Balaban J connectivity index is 2.38. The molecule has 0 fully saturated rings. The molecule has 0 aliphatic heterocycles. The summed E-state index contributed by atoms with van der Waals surface area (Å²) < 4.78 is 62.9. The van der Waals surface area contributed by atoms with Crippen LogP contribution in [0, 0.1) is 0 Å². The number of carbonyl (C=O) groups excluding carboxylic acids is 1. The largest absolute Gasteiger partial charge is 0.483 e. The monoisotopic (exact) mass is 477 g/mol. The maximum atomic E-state index is 12.8. The third-order valence-corrected chi connectivity index (χ3v) is 5.87. The fourth-order valence-corrected chi connectivity index (χ4v) is 3.20. The highest BCUT2D eigenvalue weighted by atomic mass is 32.2. The molecule has 2 aromatic rings. The number of hydrogen-bond acceptors (Lipinski definition) is 7. The Hall–Kier alpha value is -2.54. The molecule has 2 unspecified atom stereocenters. The highest BCUT2D eigenvalue weighted by Crippen LogP contribution is 2.26. The van der Waals surface area contributed by atoms with Gasteiger partial charge in [0.15, 0.2) is 12.1 Å². The van der Waals surface area contributed by atoms with Crippen LogP contribution in [0.2, 0.25) is 0 Å². The van der Waals surface area contributed by atoms with Crippen molar-refractivity contribution in [2.75, 3.05) is 13.7 Å². The first-order valence-electron chi connectivity index (χ1n) is 9.50. The van der Waals surface area contributed by atoms with Crippen molar-refractivity contribution >= 4 is 17.0 Å². The van der Waals surface area contributed by atoms with E-state index in [1.54, 1.807) is 34.6 Å². The van der Waals surface area contributed by atoms with Crippen molar-refractivity contribution in [3.63, 3.8) is 0 Å². The van der Waals surface area contributed by atoms with Crippen molar-refractivity contribution in [2.45, 2.75) is 57.1 Å². The van der Waals surface area contributed by atoms with Gasteiger partial charge in [-0.2, -0.15) is 13.2 Å². The lowest BCUT2D eigenvalue weighted by Crippen LogP contribution is -2.37. The fourth-order valence-electron chi connectivity index (χ4n) is 2.39. The molecule has 1 N–H and O–H groups in total. The van der Waals surface area contributed by atoms with Crippen molar-refractivity contribution in [3.05, 3.63) is 35.9 Å². The molecule has 9 nitrogen and oxygen atoms in total. The van der Waals surface area contributed by atoms with Gasteiger partial charge in [-0.05, 0) is 46.8 Å². The average molecular weight is 478 g/mol. The highest BCUT2D eigenvalue weighted by molar-refractivity contribution is 7.84. The van der Waals surface area contributed by atoms with Gasteiger partial charge in [-0.15, -0.1) is 5.10 Å². The van der Waals surface area contributed by atoms with Crippen LogP contribution in [0.1, 0.15) is 52.0 Å². The van der Waals surface area contributed by atoms with Crippen molar-refractivity contribution in [3.8, 4) is 5.75 Å². The van der Waals surface area contributed by atoms with Crippen LogP contribution in [0.5, 0.6) is 5.75 Å². The zero-order chi connectivity index (χ0) is 24.3. The van der Waals surface area contributed by atoms with Crippen LogP contribution in [-0.2, 0) is 26.1 Å². The van der Waals surface area contributed by atoms with E-state index in [0.29, 0.717) is 11.4 Å². The minimum absolute atomic E-state index is 0.0720. The summed E-state index contributed by atoms with van der Waals surface area (Å²) in [6.45, 7) is 7.06. The SMILES string of the molecule is COC(=O)C(C)(C)n1cc(C(NS(=O)C(C)(C)C)c2ccc(OCC(F)(F)F)cn2)nn1. The van der Waals surface area contributed by atoms with Crippen LogP contribution in [0.4, 0.5) is 13.2 Å². The van der Waals surface area contributed by atoms with Crippen LogP contribution in [0.3, 0.4) is 0 Å². The maximum Gasteiger partial charge on any atom is 0.422 e. The lowest BCUT2D eigenvalue weighted by Gasteiger charge is -2.23. The topological polar surface area (TPSA) is 108 Å². The Labute approximate surface area is 186 Å². The van der Waals surface area contributed by atoms with Crippen LogP contribution in [-0.4, -0.2) is 54.8 Å². The molecule has 0 amide bonds. The van der Waals surface area contributed by atoms with Crippen molar-refractivity contribution < 1.29 is 31.6 Å². The summed E-state index contributed by atoms with van der Waals surface area (Å²) in [4.78, 5) is 16.2. The summed E-state index contributed by atoms with van der Waals surface area (Å²) in [7, 11) is -0.295. The number of pyridine rings is 1. The summed E-state index contributed by atoms with van der Waals surface area (Å²) in [5.74, 6) is -0.613. The van der Waals surface area contributed by atoms with Crippen LogP contribution in [0.15, 0.2) is 24.5 Å². The predicted molar refractivity (Wildman–Crippen MR) is 110 cm³/mol. The van der Waals surface area contributed by atoms with E-state index in [-0.39, 0.29) is 5.75 Å². The van der Waals surface area contributed by atoms with E-state index >= 15 is 0 Å². The number of carbonyl (C=O) groups is 1. The number of rotatable bonds is 8. The molecule has 0 saturated carbocycles. The Morgan fingerprint density at radius 1 is 1.19 bits per heavy atom. The molecule has 0 radical (unpaired) electrons. The lowest BCUT2D eigenvalue weighted by atomic mass is 10.1. The standard InChI is InChI=1S/C19H26F3N5O4S/c1-17(2,3)32(29)25-15(13-8-7-12(9-23-13)31-11-19(20,21)22)14-10-27(26-24-14)18(4,5)16(28)30-6/h7-10,15,25H,11H2,1-6H3. The Kier molecular flexibility index (Phi) is 7.66. The van der Waals surface area contributed by atoms with Gasteiger partial charge in [0.2, 0.25) is 0 Å². The van der Waals surface area contributed by atoms with Gasteiger partial charge in [0, 0.05) is 0 Å². The number of alkyl halides is 3. The molecule has 13 heteroatoms. The van der Waals surface area contributed by atoms with E-state index in [1.165, 1.54) is 30.1 Å². The van der Waals surface area contributed by atoms with Crippen molar-refractivity contribution in [2.24, 2.45) is 0 Å². The maximum absolute atomic E-state index is 12.8. The molecule has 2 rings (SSSR count). The molecule has 32 heavy (non-hydrogen) atoms. The molecule has 0 saturated heterocycles. The van der Waals surface area contributed by atoms with Crippen molar-refractivity contribution in [1.82, 2.24) is 24.7 Å². The van der Waals surface area contributed by atoms with Gasteiger partial charge < -0.3 is 9.47 Å². The van der Waals surface area contributed by atoms with Gasteiger partial charge in [-0.25, -0.2) is 18.4 Å². The lowest BCUT2D eigenvalue weighted by molar-refractivity contribution is -0.153. The molecule has 0 bridgehead atoms. The molecule has 178 valence electrons. The third-order valence-electron chi connectivity index (χ3n) is 4.30. The number of nitrogens with one attached hydrogen (secondary N) is 1. The summed E-state index contributed by atoms with van der Waals surface area (Å²) in [5, 5.41) is 8.09. The van der Waals surface area contributed by atoms with E-state index in [4.69, 9.17) is 4.74 Å². The van der Waals surface area contributed by atoms with E-state index in [1.807, 2.05) is 0 Å². The summed E-state index contributed by atoms with van der Waals surface area (Å²) in [5.41, 5.74) is -0.530. The predicted octanol–water partition coefficient (Wildman–Crippen LogP) is 2.66. The number of hydrogen-bond donors (Lipinski definition) is 1. The second kappa shape index (κ2) is 9.53. The summed E-state index contributed by atoms with van der Waals surface area (Å²) in [6, 6.07) is 1.94. The van der Waals surface area contributed by atoms with Gasteiger partial charge in [0.25, 0.3) is 0 Å². The quantitative estimate of drug-likeness (QED) is 0.583. The normalized spacial score (nSPS) is 14.7. The number of nitrogens with zero attached hydrogens (tertiary/aromatic N) is 4. The molecule has 2 atom stereocenters. The van der Waals surface area contributed by atoms with Gasteiger partial charge in [0.1, 0.15) is 17.5 Å². The first-order chi connectivity index (χ1) is 14.6. The van der Waals surface area contributed by atoms with E-state index in [2.05, 4.69) is 24.8 Å². The zero-order valence-electron chi connectivity index (χ0n) is 18.6. The molecule has 0 aliphatic carbocycles. The number of methoxy groups -OCH3 is 1. The van der Waals surface area contributed by atoms with Gasteiger partial charge in [-0.3, -0.25) is 4.98 Å². The number of ether oxygens (including phenoxy) is 2. The minimum atomic E-state index is -4.47. The zero-order valence-corrected chi connectivity index (χ0v) is 19.4. The van der Waals surface area contributed by atoms with Gasteiger partial charge >= 0.3 is 12.1 Å². The molecular weight excluding hydrogens is 451 g/mol. The first kappa shape index (κ1) is 25.7. The Morgan fingerprint density at radius 2 is 1.84 bits per heavy atom. The summed E-state index contributed by atoms with van der Waals surface area (Å²) >= 11 is 0. The first-order valence-corrected chi connectivity index (χ1v) is 10.6. The minimum Gasteiger partial charge on any atom is -0.483 e. The number of aromatic nitrogens is 4. The fraction of sp³-hybridized carbons (Fsp3) is 0.579. The van der Waals surface area contributed by atoms with E-state index in [0.717, 1.165) is 6.20 Å². The van der Waals surface area contributed by atoms with E-state index < -0.39 is 46.1 Å². The van der Waals surface area contributed by atoms with Gasteiger partial charge in [-0.1, -0.05) is 5.21 Å². The molecular formula is C19H26F3N5O4S. The van der Waals surface area contributed by atoms with Gasteiger partial charge in [0.05, 0.1) is 40.9 Å². The highest BCUT2D eigenvalue weighted by Gasteiger charge is 2.34. The molecule has 2 aromatic heterocycles. The van der Waals surface area contributed by atoms with Crippen LogP contribution in [0.25, 0.3) is 0 Å². The van der Waals surface area contributed by atoms with Crippen molar-refractivity contribution in [1.29, 1.82) is 0 Å². The second-order valence-electron chi connectivity index (χ2n) is 8.39. The molecule has 2 heterocycles.